The number of rotatable bonds is 2. The van der Waals surface area contributed by atoms with Gasteiger partial charge in [0, 0.05) is 0 Å². The second kappa shape index (κ2) is 6.87. The molecule has 0 aliphatic carbocycles. The van der Waals surface area contributed by atoms with Crippen molar-refractivity contribution in [3.63, 3.8) is 0 Å². The largest absolute Gasteiger partial charge is 0.143 e. The van der Waals surface area contributed by atoms with E-state index in [4.69, 9.17) is 0 Å². The van der Waals surface area contributed by atoms with Crippen LogP contribution in [0.25, 0.3) is 0 Å². The molecule has 0 unspecified atom stereocenters. The number of thioether (sulfide) groups is 4. The van der Waals surface area contributed by atoms with E-state index in [2.05, 4.69) is 71.3 Å². The monoisotopic (exact) mass is 314 g/mol. The topological polar surface area (TPSA) is 0 Å². The molecule has 2 aliphatic rings. The lowest BCUT2D eigenvalue weighted by atomic mass is 10.1. The standard InChI is InChI=1S/C14H18S4/c1-4-11(13-15-6-2-7-16-13)10-12(5-1)14-17-8-3-9-18-14/h1,4-5,10,13-14H,2-3,6-9H2. The van der Waals surface area contributed by atoms with E-state index in [0.29, 0.717) is 9.16 Å². The maximum atomic E-state index is 2.46. The Morgan fingerprint density at radius 3 is 1.61 bits per heavy atom. The summed E-state index contributed by atoms with van der Waals surface area (Å²) >= 11 is 8.48. The van der Waals surface area contributed by atoms with Gasteiger partial charge in [0.2, 0.25) is 0 Å². The highest BCUT2D eigenvalue weighted by Crippen LogP contribution is 2.47. The maximum absolute atomic E-state index is 2.46. The molecule has 0 amide bonds. The van der Waals surface area contributed by atoms with Crippen LogP contribution >= 0.6 is 47.0 Å². The van der Waals surface area contributed by atoms with Crippen LogP contribution in [-0.2, 0) is 0 Å². The Morgan fingerprint density at radius 2 is 1.17 bits per heavy atom. The van der Waals surface area contributed by atoms with Crippen LogP contribution in [0.2, 0.25) is 0 Å². The highest BCUT2D eigenvalue weighted by molar-refractivity contribution is 8.17. The highest BCUT2D eigenvalue weighted by Gasteiger charge is 2.20. The van der Waals surface area contributed by atoms with Gasteiger partial charge < -0.3 is 0 Å². The Morgan fingerprint density at radius 1 is 0.722 bits per heavy atom. The van der Waals surface area contributed by atoms with Gasteiger partial charge in [0.25, 0.3) is 0 Å². The summed E-state index contributed by atoms with van der Waals surface area (Å²) in [6.07, 6.45) is 2.75. The minimum absolute atomic E-state index is 0.678. The molecule has 0 bridgehead atoms. The van der Waals surface area contributed by atoms with E-state index in [0.717, 1.165) is 0 Å². The summed E-state index contributed by atoms with van der Waals surface area (Å²) in [4.78, 5) is 0. The lowest BCUT2D eigenvalue weighted by molar-refractivity contribution is 1.09. The summed E-state index contributed by atoms with van der Waals surface area (Å²) in [5, 5.41) is 0. The van der Waals surface area contributed by atoms with Crippen molar-refractivity contribution in [2.24, 2.45) is 0 Å². The van der Waals surface area contributed by atoms with E-state index in [1.807, 2.05) is 0 Å². The molecule has 98 valence electrons. The molecule has 1 aromatic carbocycles. The van der Waals surface area contributed by atoms with Crippen molar-refractivity contribution in [2.45, 2.75) is 22.0 Å². The molecule has 0 radical (unpaired) electrons. The maximum Gasteiger partial charge on any atom is 0.0751 e. The first-order valence-electron chi connectivity index (χ1n) is 6.50. The van der Waals surface area contributed by atoms with E-state index >= 15 is 0 Å². The fourth-order valence-electron chi connectivity index (χ4n) is 2.21. The predicted octanol–water partition coefficient (Wildman–Crippen LogP) is 5.42. The molecular weight excluding hydrogens is 296 g/mol. The molecule has 1 aromatic rings. The van der Waals surface area contributed by atoms with Gasteiger partial charge in [-0.25, -0.2) is 0 Å². The molecular formula is C14H18S4. The van der Waals surface area contributed by atoms with Gasteiger partial charge in [-0.05, 0) is 47.0 Å². The zero-order valence-electron chi connectivity index (χ0n) is 10.3. The summed E-state index contributed by atoms with van der Waals surface area (Å²) in [6, 6.07) is 9.36. The van der Waals surface area contributed by atoms with Crippen LogP contribution in [0.1, 0.15) is 33.1 Å². The van der Waals surface area contributed by atoms with Gasteiger partial charge in [-0.2, -0.15) is 0 Å². The summed E-state index contributed by atoms with van der Waals surface area (Å²) < 4.78 is 1.36. The molecule has 3 rings (SSSR count). The Bertz CT molecular complexity index is 348. The van der Waals surface area contributed by atoms with Gasteiger partial charge >= 0.3 is 0 Å². The van der Waals surface area contributed by atoms with Crippen molar-refractivity contribution in [1.29, 1.82) is 0 Å². The third kappa shape index (κ3) is 3.38. The second-order valence-electron chi connectivity index (χ2n) is 4.52. The van der Waals surface area contributed by atoms with Crippen LogP contribution in [0.4, 0.5) is 0 Å². The van der Waals surface area contributed by atoms with Crippen molar-refractivity contribution in [3.8, 4) is 0 Å². The van der Waals surface area contributed by atoms with Gasteiger partial charge in [-0.1, -0.05) is 24.3 Å². The third-order valence-corrected chi connectivity index (χ3v) is 9.14. The lowest BCUT2D eigenvalue weighted by Crippen LogP contribution is -2.03. The summed E-state index contributed by atoms with van der Waals surface area (Å²) in [5.74, 6) is 5.31. The summed E-state index contributed by atoms with van der Waals surface area (Å²) in [7, 11) is 0. The predicted molar refractivity (Wildman–Crippen MR) is 91.0 cm³/mol. The molecule has 2 fully saturated rings. The van der Waals surface area contributed by atoms with Crippen LogP contribution in [0.3, 0.4) is 0 Å². The van der Waals surface area contributed by atoms with Crippen molar-refractivity contribution in [2.75, 3.05) is 23.0 Å². The van der Waals surface area contributed by atoms with Gasteiger partial charge in [-0.15, -0.1) is 47.0 Å². The van der Waals surface area contributed by atoms with Gasteiger partial charge in [0.15, 0.2) is 0 Å². The molecule has 0 N–H and O–H groups in total. The smallest absolute Gasteiger partial charge is 0.0751 e. The van der Waals surface area contributed by atoms with Crippen molar-refractivity contribution in [1.82, 2.24) is 0 Å². The highest BCUT2D eigenvalue weighted by atomic mass is 32.2. The van der Waals surface area contributed by atoms with Crippen molar-refractivity contribution >= 4 is 47.0 Å². The van der Waals surface area contributed by atoms with Crippen LogP contribution < -0.4 is 0 Å². The molecule has 2 aliphatic heterocycles. The van der Waals surface area contributed by atoms with Gasteiger partial charge in [-0.3, -0.25) is 0 Å². The number of benzene rings is 1. The molecule has 4 heteroatoms. The molecule has 2 saturated heterocycles. The normalized spacial score (nSPS) is 23.1. The van der Waals surface area contributed by atoms with E-state index in [9.17, 15) is 0 Å². The molecule has 0 spiro atoms. The summed E-state index contributed by atoms with van der Waals surface area (Å²) in [5.41, 5.74) is 3.07. The quantitative estimate of drug-likeness (QED) is 0.714. The molecule has 2 heterocycles. The molecule has 0 saturated carbocycles. The average molecular weight is 315 g/mol. The van der Waals surface area contributed by atoms with E-state index in [1.54, 1.807) is 0 Å². The number of hydrogen-bond donors (Lipinski definition) is 0. The van der Waals surface area contributed by atoms with Crippen LogP contribution in [0, 0.1) is 0 Å². The summed E-state index contributed by atoms with van der Waals surface area (Å²) in [6.45, 7) is 0. The van der Waals surface area contributed by atoms with E-state index in [-0.39, 0.29) is 0 Å². The molecule has 0 atom stereocenters. The third-order valence-electron chi connectivity index (χ3n) is 3.11. The van der Waals surface area contributed by atoms with Crippen LogP contribution in [0.5, 0.6) is 0 Å². The van der Waals surface area contributed by atoms with Crippen LogP contribution in [-0.4, -0.2) is 23.0 Å². The first-order chi connectivity index (χ1) is 8.93. The van der Waals surface area contributed by atoms with Crippen molar-refractivity contribution in [3.05, 3.63) is 35.4 Å². The molecule has 0 nitrogen and oxygen atoms in total. The Hall–Kier alpha value is 0.620. The first-order valence-corrected chi connectivity index (χ1v) is 10.7. The van der Waals surface area contributed by atoms with Crippen LogP contribution in [0.15, 0.2) is 24.3 Å². The van der Waals surface area contributed by atoms with Gasteiger partial charge in [0.1, 0.15) is 0 Å². The second-order valence-corrected chi connectivity index (χ2v) is 9.97. The first kappa shape index (κ1) is 13.6. The minimum Gasteiger partial charge on any atom is -0.143 e. The van der Waals surface area contributed by atoms with E-state index < -0.39 is 0 Å². The molecule has 0 aromatic heterocycles. The zero-order valence-corrected chi connectivity index (χ0v) is 13.6. The molecule has 18 heavy (non-hydrogen) atoms. The van der Waals surface area contributed by atoms with E-state index in [1.165, 1.54) is 47.0 Å². The SMILES string of the molecule is c1cc(C2SCCCS2)cc(C2SCCCS2)c1. The lowest BCUT2D eigenvalue weighted by Gasteiger charge is -2.24. The Balaban J connectivity index is 1.75. The zero-order chi connectivity index (χ0) is 12.2. The van der Waals surface area contributed by atoms with Crippen molar-refractivity contribution < 1.29 is 0 Å². The fraction of sp³-hybridized carbons (Fsp3) is 0.571. The van der Waals surface area contributed by atoms with Gasteiger partial charge in [0.05, 0.1) is 9.16 Å². The number of hydrogen-bond acceptors (Lipinski definition) is 4. The fourth-order valence-corrected chi connectivity index (χ4v) is 7.96. The Kier molecular flexibility index (Phi) is 5.19. The Labute approximate surface area is 127 Å². The average Bonchev–Trinajstić information content (AvgIpc) is 2.49. The minimum atomic E-state index is 0.678.